The van der Waals surface area contributed by atoms with E-state index in [0.29, 0.717) is 0 Å². The van der Waals surface area contributed by atoms with Crippen LogP contribution < -0.4 is 14.7 Å². The van der Waals surface area contributed by atoms with Gasteiger partial charge in [-0.2, -0.15) is 7.82 Å². The Morgan fingerprint density at radius 2 is 0.650 bits per heavy atom. The molecule has 0 radical (unpaired) electrons. The monoisotopic (exact) mass is 458 g/mol. The molecule has 13 nitrogen and oxygen atoms in total. The third-order valence-electron chi connectivity index (χ3n) is 0. The summed E-state index contributed by atoms with van der Waals surface area (Å²) >= 11 is -8.58. The van der Waals surface area contributed by atoms with Crippen LogP contribution in [0.25, 0.3) is 0 Å². The molecule has 0 saturated heterocycles. The second-order valence-electron chi connectivity index (χ2n) is 1.10. The normalized spacial score (nSPS) is 12.2. The minimum Gasteiger partial charge on any atom is -0.822 e. The summed E-state index contributed by atoms with van der Waals surface area (Å²) in [6.45, 7) is 0. The van der Waals surface area contributed by atoms with Crippen molar-refractivity contribution in [2.75, 3.05) is 0 Å². The Morgan fingerprint density at radius 1 is 0.650 bits per heavy atom. The van der Waals surface area contributed by atoms with Crippen LogP contribution in [0.15, 0.2) is 0 Å². The van der Waals surface area contributed by atoms with Gasteiger partial charge >= 0.3 is 113 Å². The molecule has 0 aliphatic rings. The third-order valence-corrected chi connectivity index (χ3v) is 0. The second kappa shape index (κ2) is 30.9. The Bertz CT molecular complexity index is 225. The maximum Gasteiger partial charge on any atom is 2.00 e. The van der Waals surface area contributed by atoms with E-state index in [4.69, 9.17) is 59.2 Å². The van der Waals surface area contributed by atoms with Crippen LogP contribution in [0.2, 0.25) is 0 Å². The zero-order valence-corrected chi connectivity index (χ0v) is 19.2. The summed E-state index contributed by atoms with van der Waals surface area (Å²) in [5.74, 6) is 0. The predicted molar refractivity (Wildman–Crippen MR) is 59.5 cm³/mol. The average Bonchev–Trinajstić information content (AvgIpc) is 1.73. The first-order valence-corrected chi connectivity index (χ1v) is 6.83. The van der Waals surface area contributed by atoms with Crippen molar-refractivity contribution in [1.29, 1.82) is 0 Å². The van der Waals surface area contributed by atoms with E-state index < -0.39 is 41.9 Å². The quantitative estimate of drug-likeness (QED) is 0.173. The van der Waals surface area contributed by atoms with Crippen molar-refractivity contribution in [2.45, 2.75) is 0 Å². The second-order valence-corrected chi connectivity index (χ2v) is 3.30. The van der Waals surface area contributed by atoms with Crippen molar-refractivity contribution in [3.63, 3.8) is 0 Å². The molecule has 0 rings (SSSR count). The molecule has 0 bridgehead atoms. The van der Waals surface area contributed by atoms with E-state index in [0.717, 1.165) is 0 Å². The maximum absolute atomic E-state index is 8.56. The van der Waals surface area contributed by atoms with Crippen molar-refractivity contribution in [3.8, 4) is 0 Å². The number of hydrogen-bond acceptors (Lipinski definition) is 10. The topological polar surface area (TPSA) is 267 Å². The SMILES string of the molecule is O=P([O-])([O-])[O-].O=S([O-])O.O=S([O-])O.O=S([O-])O.[Ca+2].[Ca+2].[Ca+2]. The maximum atomic E-state index is 8.56. The van der Waals surface area contributed by atoms with E-state index in [-0.39, 0.29) is 113 Å². The predicted octanol–water partition coefficient (Wildman–Crippen LogP) is -5.95. The van der Waals surface area contributed by atoms with Gasteiger partial charge in [0.25, 0.3) is 0 Å². The summed E-state index contributed by atoms with van der Waals surface area (Å²) < 4.78 is 80.8. The first kappa shape index (κ1) is 44.0. The Kier molecular flexibility index (Phi) is 68.0. The molecular formula is H3Ca3O13PS3. The van der Waals surface area contributed by atoms with Crippen LogP contribution in [0, 0.1) is 0 Å². The molecule has 0 saturated carbocycles. The van der Waals surface area contributed by atoms with E-state index >= 15 is 0 Å². The average molecular weight is 458 g/mol. The van der Waals surface area contributed by atoms with E-state index in [1.54, 1.807) is 0 Å². The zero-order chi connectivity index (χ0) is 15.2. The van der Waals surface area contributed by atoms with Crippen molar-refractivity contribution in [1.82, 2.24) is 0 Å². The van der Waals surface area contributed by atoms with Crippen LogP contribution in [0.3, 0.4) is 0 Å². The van der Waals surface area contributed by atoms with Gasteiger partial charge in [-0.1, -0.05) is 0 Å². The third kappa shape index (κ3) is 585. The van der Waals surface area contributed by atoms with E-state index in [9.17, 15) is 0 Å². The summed E-state index contributed by atoms with van der Waals surface area (Å²) in [7, 11) is -5.39. The summed E-state index contributed by atoms with van der Waals surface area (Å²) in [4.78, 5) is 25.6. The molecule has 0 fully saturated rings. The van der Waals surface area contributed by atoms with Crippen LogP contribution >= 0.6 is 7.82 Å². The summed E-state index contributed by atoms with van der Waals surface area (Å²) in [6, 6.07) is 0. The molecular weight excluding hydrogens is 455 g/mol. The van der Waals surface area contributed by atoms with Gasteiger partial charge in [-0.3, -0.25) is 0 Å². The summed E-state index contributed by atoms with van der Waals surface area (Å²) in [5, 5.41) is 0. The molecule has 0 amide bonds. The van der Waals surface area contributed by atoms with Crippen LogP contribution in [0.1, 0.15) is 0 Å². The molecule has 110 valence electrons. The molecule has 0 aliphatic carbocycles. The molecule has 3 atom stereocenters. The van der Waals surface area contributed by atoms with Crippen LogP contribution in [0.5, 0.6) is 0 Å². The fourth-order valence-corrected chi connectivity index (χ4v) is 0. The molecule has 0 heterocycles. The van der Waals surface area contributed by atoms with Crippen molar-refractivity contribution in [2.24, 2.45) is 0 Å². The summed E-state index contributed by atoms with van der Waals surface area (Å²) in [5.41, 5.74) is 0. The Labute approximate surface area is 210 Å². The van der Waals surface area contributed by atoms with Gasteiger partial charge in [-0.15, -0.1) is 0 Å². The molecule has 0 aromatic rings. The van der Waals surface area contributed by atoms with Gasteiger partial charge in [-0.25, -0.2) is 12.6 Å². The molecule has 0 spiro atoms. The first-order chi connectivity index (χ1) is 7.20. The fraction of sp³-hybridized carbons (Fsp3) is 0. The van der Waals surface area contributed by atoms with Crippen LogP contribution in [0.4, 0.5) is 0 Å². The number of phosphoric acid groups is 1. The van der Waals surface area contributed by atoms with E-state index in [2.05, 4.69) is 0 Å². The molecule has 3 unspecified atom stereocenters. The molecule has 20 heteroatoms. The molecule has 0 aromatic carbocycles. The molecule has 0 aliphatic heterocycles. The van der Waals surface area contributed by atoms with Gasteiger partial charge in [0, 0.05) is 0 Å². The zero-order valence-electron chi connectivity index (χ0n) is 9.22. The fourth-order valence-electron chi connectivity index (χ4n) is 0. The summed E-state index contributed by atoms with van der Waals surface area (Å²) in [6.07, 6.45) is 0. The van der Waals surface area contributed by atoms with Crippen LogP contribution in [-0.2, 0) is 38.6 Å². The van der Waals surface area contributed by atoms with Gasteiger partial charge in [0.15, 0.2) is 0 Å². The number of rotatable bonds is 0. The van der Waals surface area contributed by atoms with Gasteiger partial charge in [0.2, 0.25) is 0 Å². The Balaban J connectivity index is -0.0000000216. The van der Waals surface area contributed by atoms with Crippen molar-refractivity contribution in [3.05, 3.63) is 0 Å². The van der Waals surface area contributed by atoms with Gasteiger partial charge in [0.1, 0.15) is 0 Å². The van der Waals surface area contributed by atoms with Gasteiger partial charge in [0.05, 0.1) is 34.1 Å². The molecule has 3 N–H and O–H groups in total. The minimum atomic E-state index is -5.39. The minimum absolute atomic E-state index is 0. The standard InChI is InChI=1S/3Ca.H3O4P.3H2O3S/c;;;1-5(2,3)4;3*1-4(2)3/h;;;(H3,1,2,3,4);3*(H2,1,2,3)/q3*+2;;;;/p-6. The Hall–Kier alpha value is 4.10. The van der Waals surface area contributed by atoms with Crippen molar-refractivity contribution >= 4 is 155 Å². The largest absolute Gasteiger partial charge is 2.00 e. The molecule has 0 aromatic heterocycles. The Morgan fingerprint density at radius 3 is 0.650 bits per heavy atom. The number of hydrogen-bond donors (Lipinski definition) is 3. The molecule has 20 heavy (non-hydrogen) atoms. The van der Waals surface area contributed by atoms with Gasteiger partial charge < -0.3 is 46.6 Å². The van der Waals surface area contributed by atoms with Crippen LogP contribution in [-0.4, -0.2) is 153 Å². The first-order valence-electron chi connectivity index (χ1n) is 2.28. The van der Waals surface area contributed by atoms with E-state index in [1.165, 1.54) is 0 Å². The smallest absolute Gasteiger partial charge is 0.822 e. The van der Waals surface area contributed by atoms with Crippen molar-refractivity contribution < 1.29 is 59.2 Å². The van der Waals surface area contributed by atoms with Gasteiger partial charge in [-0.05, 0) is 0 Å². The van der Waals surface area contributed by atoms with E-state index in [1.807, 2.05) is 0 Å².